The molecule has 1 aromatic heterocycles. The number of fused-ring (bicyclic) bond motifs is 1. The van der Waals surface area contributed by atoms with Gasteiger partial charge in [-0.15, -0.1) is 0 Å². The number of hydrogen-bond acceptors (Lipinski definition) is 2. The maximum atomic E-state index is 5.96. The van der Waals surface area contributed by atoms with Gasteiger partial charge in [0.1, 0.15) is 6.23 Å². The topological polar surface area (TPSA) is 17.4 Å². The number of para-hydroxylation sites is 1. The maximum absolute atomic E-state index is 5.96. The Balaban J connectivity index is 1.95. The van der Waals surface area contributed by atoms with Gasteiger partial charge in [0, 0.05) is 24.7 Å². The minimum absolute atomic E-state index is 0.224. The van der Waals surface area contributed by atoms with Crippen molar-refractivity contribution in [2.24, 2.45) is 0 Å². The van der Waals surface area contributed by atoms with Gasteiger partial charge < -0.3 is 14.2 Å². The zero-order valence-electron chi connectivity index (χ0n) is 12.5. The van der Waals surface area contributed by atoms with E-state index < -0.39 is 0 Å². The zero-order valence-corrected chi connectivity index (χ0v) is 12.5. The van der Waals surface area contributed by atoms with Crippen molar-refractivity contribution in [3.8, 4) is 0 Å². The normalized spacial score (nSPS) is 19.9. The lowest BCUT2D eigenvalue weighted by molar-refractivity contribution is -0.0292. The molecule has 0 radical (unpaired) electrons. The highest BCUT2D eigenvalue weighted by molar-refractivity contribution is 5.84. The van der Waals surface area contributed by atoms with Crippen molar-refractivity contribution in [1.29, 1.82) is 0 Å². The number of nitrogens with zero attached hydrogens (tertiary/aromatic N) is 2. The fraction of sp³-hybridized carbons (Fsp3) is 0.529. The molecule has 0 saturated carbocycles. The number of ether oxygens (including phenoxy) is 1. The largest absolute Gasteiger partial charge is 0.358 e. The summed E-state index contributed by atoms with van der Waals surface area (Å²) in [5.41, 5.74) is 2.75. The Morgan fingerprint density at radius 2 is 2.10 bits per heavy atom. The minimum atomic E-state index is 0.224. The lowest BCUT2D eigenvalue weighted by Gasteiger charge is -2.24. The van der Waals surface area contributed by atoms with Crippen molar-refractivity contribution in [2.75, 3.05) is 27.2 Å². The van der Waals surface area contributed by atoms with Gasteiger partial charge in [0.05, 0.1) is 5.52 Å². The van der Waals surface area contributed by atoms with E-state index in [-0.39, 0.29) is 6.23 Å². The Kier molecular flexibility index (Phi) is 4.08. The SMILES string of the molecule is CN(C)CCc1cn(C2CCCCO2)c2ccccc12. The van der Waals surface area contributed by atoms with Crippen LogP contribution in [0.25, 0.3) is 10.9 Å². The first kappa shape index (κ1) is 13.7. The summed E-state index contributed by atoms with van der Waals surface area (Å²) in [5, 5.41) is 1.38. The van der Waals surface area contributed by atoms with Crippen molar-refractivity contribution in [2.45, 2.75) is 31.9 Å². The standard InChI is InChI=1S/C17H24N2O/c1-18(2)11-10-14-13-19(17-9-5-6-12-20-17)16-8-4-3-7-15(14)16/h3-4,7-8,13,17H,5-6,9-12H2,1-2H3. The number of likely N-dealkylation sites (N-methyl/N-ethyl adjacent to an activating group) is 1. The summed E-state index contributed by atoms with van der Waals surface area (Å²) in [6, 6.07) is 8.71. The van der Waals surface area contributed by atoms with Gasteiger partial charge in [-0.3, -0.25) is 0 Å². The molecule has 1 fully saturated rings. The summed E-state index contributed by atoms with van der Waals surface area (Å²) in [7, 11) is 4.26. The van der Waals surface area contributed by atoms with Crippen LogP contribution in [0.15, 0.2) is 30.5 Å². The van der Waals surface area contributed by atoms with E-state index in [0.717, 1.165) is 26.0 Å². The van der Waals surface area contributed by atoms with E-state index in [0.29, 0.717) is 0 Å². The maximum Gasteiger partial charge on any atom is 0.133 e. The monoisotopic (exact) mass is 272 g/mol. The van der Waals surface area contributed by atoms with Crippen molar-refractivity contribution < 1.29 is 4.74 Å². The van der Waals surface area contributed by atoms with Crippen LogP contribution in [0.2, 0.25) is 0 Å². The highest BCUT2D eigenvalue weighted by Crippen LogP contribution is 2.30. The van der Waals surface area contributed by atoms with Crippen LogP contribution in [0.4, 0.5) is 0 Å². The van der Waals surface area contributed by atoms with Crippen molar-refractivity contribution in [1.82, 2.24) is 9.47 Å². The highest BCUT2D eigenvalue weighted by atomic mass is 16.5. The van der Waals surface area contributed by atoms with Crippen LogP contribution < -0.4 is 0 Å². The summed E-state index contributed by atoms with van der Waals surface area (Å²) in [4.78, 5) is 2.24. The average molecular weight is 272 g/mol. The third-order valence-electron chi connectivity index (χ3n) is 4.12. The molecule has 0 spiro atoms. The number of aromatic nitrogens is 1. The van der Waals surface area contributed by atoms with Gasteiger partial charge in [0.2, 0.25) is 0 Å². The van der Waals surface area contributed by atoms with Crippen LogP contribution in [-0.2, 0) is 11.2 Å². The Bertz CT molecular complexity index is 567. The second kappa shape index (κ2) is 5.98. The third-order valence-corrected chi connectivity index (χ3v) is 4.12. The molecule has 3 heteroatoms. The second-order valence-electron chi connectivity index (χ2n) is 5.95. The van der Waals surface area contributed by atoms with Crippen molar-refractivity contribution in [3.05, 3.63) is 36.0 Å². The average Bonchev–Trinajstić information content (AvgIpc) is 2.85. The molecule has 2 aromatic rings. The van der Waals surface area contributed by atoms with Gasteiger partial charge in [-0.25, -0.2) is 0 Å². The first-order chi connectivity index (χ1) is 9.75. The Morgan fingerprint density at radius 3 is 2.85 bits per heavy atom. The molecule has 1 aromatic carbocycles. The van der Waals surface area contributed by atoms with Crippen LogP contribution in [0, 0.1) is 0 Å². The van der Waals surface area contributed by atoms with Crippen molar-refractivity contribution in [3.63, 3.8) is 0 Å². The summed E-state index contributed by atoms with van der Waals surface area (Å²) in [6.07, 6.45) is 7.22. The minimum Gasteiger partial charge on any atom is -0.358 e. The third kappa shape index (κ3) is 2.74. The van der Waals surface area contributed by atoms with Gasteiger partial charge in [0.15, 0.2) is 0 Å². The van der Waals surface area contributed by atoms with Gasteiger partial charge >= 0.3 is 0 Å². The lowest BCUT2D eigenvalue weighted by atomic mass is 10.1. The number of benzene rings is 1. The molecule has 2 heterocycles. The fourth-order valence-electron chi connectivity index (χ4n) is 3.00. The molecule has 1 saturated heterocycles. The molecule has 0 N–H and O–H groups in total. The van der Waals surface area contributed by atoms with Crippen LogP contribution in [-0.4, -0.2) is 36.7 Å². The van der Waals surface area contributed by atoms with Crippen molar-refractivity contribution >= 4 is 10.9 Å². The molecule has 0 bridgehead atoms. The van der Waals surface area contributed by atoms with E-state index in [2.05, 4.69) is 54.0 Å². The molecule has 0 aliphatic carbocycles. The Hall–Kier alpha value is -1.32. The predicted molar refractivity (Wildman–Crippen MR) is 83.0 cm³/mol. The summed E-state index contributed by atoms with van der Waals surface area (Å²) in [5.74, 6) is 0. The molecular weight excluding hydrogens is 248 g/mol. The van der Waals surface area contributed by atoms with E-state index in [9.17, 15) is 0 Å². The smallest absolute Gasteiger partial charge is 0.133 e. The quantitative estimate of drug-likeness (QED) is 0.848. The fourth-order valence-corrected chi connectivity index (χ4v) is 3.00. The van der Waals surface area contributed by atoms with E-state index in [4.69, 9.17) is 4.74 Å². The van der Waals surface area contributed by atoms with E-state index in [1.54, 1.807) is 0 Å². The van der Waals surface area contributed by atoms with E-state index in [1.807, 2.05) is 0 Å². The number of hydrogen-bond donors (Lipinski definition) is 0. The number of rotatable bonds is 4. The summed E-state index contributed by atoms with van der Waals surface area (Å²) in [6.45, 7) is 1.98. The van der Waals surface area contributed by atoms with Gasteiger partial charge in [-0.1, -0.05) is 18.2 Å². The van der Waals surface area contributed by atoms with Crippen LogP contribution >= 0.6 is 0 Å². The molecule has 1 atom stereocenters. The van der Waals surface area contributed by atoms with Gasteiger partial charge in [-0.05, 0) is 51.4 Å². The first-order valence-corrected chi connectivity index (χ1v) is 7.60. The van der Waals surface area contributed by atoms with Crippen LogP contribution in [0.5, 0.6) is 0 Å². The Labute approximate surface area is 121 Å². The lowest BCUT2D eigenvalue weighted by Crippen LogP contribution is -2.17. The summed E-state index contributed by atoms with van der Waals surface area (Å²) < 4.78 is 8.31. The summed E-state index contributed by atoms with van der Waals surface area (Å²) >= 11 is 0. The zero-order chi connectivity index (χ0) is 13.9. The molecule has 20 heavy (non-hydrogen) atoms. The molecule has 1 aliphatic heterocycles. The molecular formula is C17H24N2O. The van der Waals surface area contributed by atoms with E-state index in [1.165, 1.54) is 29.3 Å². The second-order valence-corrected chi connectivity index (χ2v) is 5.95. The molecule has 1 unspecified atom stereocenters. The molecule has 108 valence electrons. The predicted octanol–water partition coefficient (Wildman–Crippen LogP) is 3.44. The molecule has 1 aliphatic rings. The van der Waals surface area contributed by atoms with Crippen LogP contribution in [0.1, 0.15) is 31.1 Å². The molecule has 3 nitrogen and oxygen atoms in total. The highest BCUT2D eigenvalue weighted by Gasteiger charge is 2.19. The first-order valence-electron chi connectivity index (χ1n) is 7.60. The molecule has 0 amide bonds. The van der Waals surface area contributed by atoms with E-state index >= 15 is 0 Å². The molecule has 3 rings (SSSR count). The van der Waals surface area contributed by atoms with Crippen LogP contribution in [0.3, 0.4) is 0 Å². The Morgan fingerprint density at radius 1 is 1.25 bits per heavy atom. The van der Waals surface area contributed by atoms with Gasteiger partial charge in [-0.2, -0.15) is 0 Å². The van der Waals surface area contributed by atoms with Gasteiger partial charge in [0.25, 0.3) is 0 Å².